The van der Waals surface area contributed by atoms with Crippen molar-refractivity contribution in [2.75, 3.05) is 13.3 Å². The molecule has 0 saturated carbocycles. The van der Waals surface area contributed by atoms with Gasteiger partial charge in [-0.3, -0.25) is 19.4 Å². The van der Waals surface area contributed by atoms with Gasteiger partial charge in [-0.1, -0.05) is 23.9 Å². The van der Waals surface area contributed by atoms with Crippen LogP contribution < -0.4 is 0 Å². The van der Waals surface area contributed by atoms with Crippen LogP contribution in [-0.2, 0) is 9.59 Å². The third-order valence-corrected chi connectivity index (χ3v) is 3.78. The fourth-order valence-corrected chi connectivity index (χ4v) is 2.75. The minimum absolute atomic E-state index is 0.0847. The van der Waals surface area contributed by atoms with E-state index in [2.05, 4.69) is 0 Å². The number of fused-ring (bicyclic) bond motifs is 1. The van der Waals surface area contributed by atoms with Crippen molar-refractivity contribution in [2.45, 2.75) is 39.0 Å². The van der Waals surface area contributed by atoms with Gasteiger partial charge in [0.15, 0.2) is 10.1 Å². The largest absolute Gasteiger partial charge is 0.295 e. The van der Waals surface area contributed by atoms with Gasteiger partial charge >= 0.3 is 0 Å². The molecular formula is C10H16N6O6. The van der Waals surface area contributed by atoms with E-state index in [1.165, 1.54) is 0 Å². The van der Waals surface area contributed by atoms with Crippen LogP contribution in [0.5, 0.6) is 0 Å². The fourth-order valence-electron chi connectivity index (χ4n) is 2.75. The Hall–Kier alpha value is -2.66. The highest BCUT2D eigenvalue weighted by molar-refractivity contribution is 5.80. The third kappa shape index (κ3) is 2.25. The van der Waals surface area contributed by atoms with Crippen LogP contribution >= 0.6 is 0 Å². The Bertz CT molecular complexity index is 482. The summed E-state index contributed by atoms with van der Waals surface area (Å²) in [6, 6.07) is 0. The highest BCUT2D eigenvalue weighted by Crippen LogP contribution is 2.33. The number of rotatable bonds is 4. The van der Waals surface area contributed by atoms with E-state index in [1.54, 1.807) is 13.8 Å². The number of carbonyl (C=O) groups excluding carboxylic acids is 2. The first kappa shape index (κ1) is 15.7. The second kappa shape index (κ2) is 5.61. The van der Waals surface area contributed by atoms with Gasteiger partial charge < -0.3 is 0 Å². The van der Waals surface area contributed by atoms with Crippen LogP contribution in [0.25, 0.3) is 0 Å². The lowest BCUT2D eigenvalue weighted by molar-refractivity contribution is -0.697. The second-order valence-electron chi connectivity index (χ2n) is 4.90. The summed E-state index contributed by atoms with van der Waals surface area (Å²) in [6.07, 6.45) is -2.16. The van der Waals surface area contributed by atoms with Gasteiger partial charge in [-0.05, 0) is 0 Å². The average Bonchev–Trinajstić information content (AvgIpc) is 3.03. The molecule has 122 valence electrons. The summed E-state index contributed by atoms with van der Waals surface area (Å²) in [4.78, 5) is 48.6. The quantitative estimate of drug-likeness (QED) is 0.478. The Kier molecular flexibility index (Phi) is 4.01. The van der Waals surface area contributed by atoms with Crippen molar-refractivity contribution in [3.8, 4) is 0 Å². The number of nitrogens with zero attached hydrogens (tertiary/aromatic N) is 6. The van der Waals surface area contributed by atoms with E-state index in [9.17, 15) is 29.8 Å². The van der Waals surface area contributed by atoms with Gasteiger partial charge in [0.2, 0.25) is 30.8 Å². The molecule has 0 spiro atoms. The molecule has 2 amide bonds. The lowest BCUT2D eigenvalue weighted by Gasteiger charge is -2.23. The maximum absolute atomic E-state index is 12.0. The summed E-state index contributed by atoms with van der Waals surface area (Å²) in [5.41, 5.74) is 0. The Balaban J connectivity index is 2.44. The average molecular weight is 316 g/mol. The van der Waals surface area contributed by atoms with Gasteiger partial charge in [0.25, 0.3) is 0 Å². The van der Waals surface area contributed by atoms with Crippen molar-refractivity contribution in [3.63, 3.8) is 0 Å². The lowest BCUT2D eigenvalue weighted by atomic mass is 10.3. The van der Waals surface area contributed by atoms with Gasteiger partial charge in [-0.25, -0.2) is 20.2 Å². The lowest BCUT2D eigenvalue weighted by Crippen LogP contribution is -2.50. The van der Waals surface area contributed by atoms with Crippen molar-refractivity contribution in [1.82, 2.24) is 19.8 Å². The number of hydrogen-bond acceptors (Lipinski definition) is 6. The first-order valence-corrected chi connectivity index (χ1v) is 6.74. The summed E-state index contributed by atoms with van der Waals surface area (Å²) in [7, 11) is 0. The molecule has 0 bridgehead atoms. The van der Waals surface area contributed by atoms with E-state index >= 15 is 0 Å². The Labute approximate surface area is 125 Å². The van der Waals surface area contributed by atoms with E-state index in [1.807, 2.05) is 0 Å². The Morgan fingerprint density at radius 1 is 0.909 bits per heavy atom. The molecular weight excluding hydrogens is 300 g/mol. The van der Waals surface area contributed by atoms with Crippen LogP contribution in [0.4, 0.5) is 0 Å². The molecule has 22 heavy (non-hydrogen) atoms. The fraction of sp³-hybridized carbons (Fsp3) is 0.800. The van der Waals surface area contributed by atoms with Crippen molar-refractivity contribution < 1.29 is 19.7 Å². The first-order chi connectivity index (χ1) is 10.3. The van der Waals surface area contributed by atoms with Gasteiger partial charge in [0, 0.05) is 12.8 Å². The minimum Gasteiger partial charge on any atom is -0.295 e. The van der Waals surface area contributed by atoms with E-state index in [4.69, 9.17) is 0 Å². The molecule has 0 aromatic heterocycles. The molecule has 0 unspecified atom stereocenters. The van der Waals surface area contributed by atoms with Crippen LogP contribution in [0, 0.1) is 20.2 Å². The molecule has 12 heteroatoms. The number of nitro groups is 2. The zero-order valence-electron chi connectivity index (χ0n) is 12.1. The SMILES string of the molecule is CCC(=O)N1CN(C(=O)CC)[C@@H]2[C@H]1N([N+](=O)[O-])CN2[N+](=O)[O-]. The zero-order valence-corrected chi connectivity index (χ0v) is 12.1. The number of hydrazine groups is 2. The standard InChI is InChI=1S/C10H16N6O6/c1-3-7(17)11-5-12(8(18)4-2)10-9(11)13(15(19)20)6-14(10)16(21)22/h9-10H,3-6H2,1-2H3/t9-,10+. The molecule has 0 N–H and O–H groups in total. The van der Waals surface area contributed by atoms with Crippen molar-refractivity contribution in [3.05, 3.63) is 20.2 Å². The summed E-state index contributed by atoms with van der Waals surface area (Å²) in [5.74, 6) is -0.808. The first-order valence-electron chi connectivity index (χ1n) is 6.74. The maximum Gasteiger partial charge on any atom is 0.225 e. The van der Waals surface area contributed by atoms with Crippen molar-refractivity contribution >= 4 is 11.8 Å². The van der Waals surface area contributed by atoms with Crippen LogP contribution in [-0.4, -0.2) is 67.4 Å². The molecule has 2 aliphatic rings. The van der Waals surface area contributed by atoms with Gasteiger partial charge in [0.1, 0.15) is 6.67 Å². The molecule has 12 nitrogen and oxygen atoms in total. The van der Waals surface area contributed by atoms with E-state index in [-0.39, 0.29) is 19.5 Å². The predicted octanol–water partition coefficient (Wildman–Crippen LogP) is -0.955. The van der Waals surface area contributed by atoms with Crippen LogP contribution in [0.1, 0.15) is 26.7 Å². The molecule has 2 heterocycles. The summed E-state index contributed by atoms with van der Waals surface area (Å²) in [5, 5.41) is 22.0. The maximum atomic E-state index is 12.0. The molecule has 2 fully saturated rings. The topological polar surface area (TPSA) is 133 Å². The third-order valence-electron chi connectivity index (χ3n) is 3.78. The van der Waals surface area contributed by atoms with Crippen LogP contribution in [0.15, 0.2) is 0 Å². The highest BCUT2D eigenvalue weighted by Gasteiger charge is 2.62. The smallest absolute Gasteiger partial charge is 0.225 e. The highest BCUT2D eigenvalue weighted by atomic mass is 16.7. The molecule has 2 saturated heterocycles. The summed E-state index contributed by atoms with van der Waals surface area (Å²) in [6.45, 7) is 2.37. The molecule has 0 aromatic carbocycles. The minimum atomic E-state index is -1.16. The molecule has 2 aliphatic heterocycles. The van der Waals surface area contributed by atoms with E-state index < -0.39 is 40.9 Å². The Morgan fingerprint density at radius 2 is 1.27 bits per heavy atom. The van der Waals surface area contributed by atoms with E-state index in [0.717, 1.165) is 9.80 Å². The van der Waals surface area contributed by atoms with Gasteiger partial charge in [0.05, 0.1) is 0 Å². The van der Waals surface area contributed by atoms with Crippen molar-refractivity contribution in [1.29, 1.82) is 0 Å². The number of hydrogen-bond donors (Lipinski definition) is 0. The molecule has 2 atom stereocenters. The molecule has 0 radical (unpaired) electrons. The number of amides is 2. The Morgan fingerprint density at radius 3 is 1.55 bits per heavy atom. The van der Waals surface area contributed by atoms with Crippen LogP contribution in [0.3, 0.4) is 0 Å². The number of carbonyl (C=O) groups is 2. The second-order valence-corrected chi connectivity index (χ2v) is 4.90. The monoisotopic (exact) mass is 316 g/mol. The summed E-state index contributed by atoms with van der Waals surface area (Å²) >= 11 is 0. The summed E-state index contributed by atoms with van der Waals surface area (Å²) < 4.78 is 0. The van der Waals surface area contributed by atoms with Crippen LogP contribution in [0.2, 0.25) is 0 Å². The normalized spacial score (nSPS) is 23.7. The molecule has 0 aliphatic carbocycles. The van der Waals surface area contributed by atoms with E-state index in [0.29, 0.717) is 10.0 Å². The van der Waals surface area contributed by atoms with Gasteiger partial charge in [-0.2, -0.15) is 0 Å². The van der Waals surface area contributed by atoms with Crippen molar-refractivity contribution in [2.24, 2.45) is 0 Å². The molecule has 2 rings (SSSR count). The molecule has 0 aromatic rings. The zero-order chi connectivity index (χ0) is 16.6. The predicted molar refractivity (Wildman–Crippen MR) is 69.3 cm³/mol. The van der Waals surface area contributed by atoms with Gasteiger partial charge in [-0.15, -0.1) is 0 Å².